The highest BCUT2D eigenvalue weighted by Crippen LogP contribution is 2.41. The molecule has 4 rings (SSSR count). The zero-order valence-electron chi connectivity index (χ0n) is 16.3. The molecular weight excluding hydrogens is 402 g/mol. The van der Waals surface area contributed by atoms with Crippen LogP contribution in [0.4, 0.5) is 8.78 Å². The number of hydrogen-bond acceptors (Lipinski definition) is 6. The van der Waals surface area contributed by atoms with Crippen molar-refractivity contribution in [3.8, 4) is 5.75 Å². The SMILES string of the molecule is NC1CC2CC(S(=O)(=O)c3ccc(OC(F)F)cc3)C(C1)N2CC1CCOCC1. The quantitative estimate of drug-likeness (QED) is 0.747. The van der Waals surface area contributed by atoms with Crippen molar-refractivity contribution in [2.24, 2.45) is 11.7 Å². The van der Waals surface area contributed by atoms with Crippen molar-refractivity contribution in [2.75, 3.05) is 19.8 Å². The minimum absolute atomic E-state index is 0.0120. The molecule has 1 aromatic rings. The third kappa shape index (κ3) is 4.42. The third-order valence-corrected chi connectivity index (χ3v) is 8.77. The molecule has 0 saturated carbocycles. The highest BCUT2D eigenvalue weighted by atomic mass is 32.2. The van der Waals surface area contributed by atoms with E-state index in [0.717, 1.165) is 39.0 Å². The fourth-order valence-corrected chi connectivity index (χ4v) is 7.17. The molecule has 9 heteroatoms. The number of nitrogens with zero attached hydrogens (tertiary/aromatic N) is 1. The lowest BCUT2D eigenvalue weighted by atomic mass is 9.94. The second-order valence-electron chi connectivity index (χ2n) is 8.37. The number of benzene rings is 1. The lowest BCUT2D eigenvalue weighted by molar-refractivity contribution is -0.0498. The summed E-state index contributed by atoms with van der Waals surface area (Å²) < 4.78 is 61.2. The molecule has 0 aliphatic carbocycles. The Balaban J connectivity index is 1.53. The largest absolute Gasteiger partial charge is 0.435 e. The summed E-state index contributed by atoms with van der Waals surface area (Å²) in [5.74, 6) is 0.475. The summed E-state index contributed by atoms with van der Waals surface area (Å²) in [6.07, 6.45) is 4.05. The van der Waals surface area contributed by atoms with Gasteiger partial charge in [0.05, 0.1) is 10.1 Å². The predicted molar refractivity (Wildman–Crippen MR) is 104 cm³/mol. The number of nitrogens with two attached hydrogens (primary N) is 1. The van der Waals surface area contributed by atoms with E-state index in [0.29, 0.717) is 18.8 Å². The van der Waals surface area contributed by atoms with Crippen molar-refractivity contribution in [2.45, 2.75) is 67.0 Å². The van der Waals surface area contributed by atoms with Crippen LogP contribution < -0.4 is 10.5 Å². The normalized spacial score (nSPS) is 31.3. The fraction of sp³-hybridized carbons (Fsp3) is 0.700. The van der Waals surface area contributed by atoms with E-state index in [9.17, 15) is 17.2 Å². The van der Waals surface area contributed by atoms with Gasteiger partial charge >= 0.3 is 6.61 Å². The fourth-order valence-electron chi connectivity index (χ4n) is 5.15. The van der Waals surface area contributed by atoms with Crippen LogP contribution in [0.25, 0.3) is 0 Å². The van der Waals surface area contributed by atoms with Gasteiger partial charge in [-0.1, -0.05) is 0 Å². The molecule has 0 aromatic heterocycles. The van der Waals surface area contributed by atoms with Crippen LogP contribution in [-0.4, -0.2) is 63.1 Å². The average molecular weight is 431 g/mol. The van der Waals surface area contributed by atoms with Crippen LogP contribution in [0.5, 0.6) is 5.75 Å². The Kier molecular flexibility index (Phi) is 6.11. The number of ether oxygens (including phenoxy) is 2. The van der Waals surface area contributed by atoms with Gasteiger partial charge in [0.25, 0.3) is 0 Å². The molecule has 0 radical (unpaired) electrons. The van der Waals surface area contributed by atoms with Gasteiger partial charge in [-0.25, -0.2) is 8.42 Å². The smallest absolute Gasteiger partial charge is 0.387 e. The number of piperidine rings is 1. The Morgan fingerprint density at radius 2 is 1.83 bits per heavy atom. The molecule has 6 nitrogen and oxygen atoms in total. The summed E-state index contributed by atoms with van der Waals surface area (Å²) in [6.45, 7) is -0.519. The maximum absolute atomic E-state index is 13.4. The van der Waals surface area contributed by atoms with E-state index >= 15 is 0 Å². The van der Waals surface area contributed by atoms with E-state index in [2.05, 4.69) is 9.64 Å². The summed E-state index contributed by atoms with van der Waals surface area (Å²) in [7, 11) is -3.60. The summed E-state index contributed by atoms with van der Waals surface area (Å²) in [6, 6.07) is 5.37. The monoisotopic (exact) mass is 430 g/mol. The topological polar surface area (TPSA) is 81.9 Å². The number of alkyl halides is 2. The first-order valence-corrected chi connectivity index (χ1v) is 11.8. The van der Waals surface area contributed by atoms with Gasteiger partial charge in [0.15, 0.2) is 9.84 Å². The van der Waals surface area contributed by atoms with E-state index in [4.69, 9.17) is 10.5 Å². The van der Waals surface area contributed by atoms with Gasteiger partial charge in [-0.2, -0.15) is 8.78 Å². The van der Waals surface area contributed by atoms with E-state index in [1.807, 2.05) is 0 Å². The Morgan fingerprint density at radius 3 is 2.48 bits per heavy atom. The number of sulfone groups is 1. The van der Waals surface area contributed by atoms with E-state index in [-0.39, 0.29) is 28.8 Å². The van der Waals surface area contributed by atoms with Crippen LogP contribution in [0.1, 0.15) is 32.1 Å². The minimum atomic E-state index is -3.60. The molecule has 0 spiro atoms. The number of halogens is 2. The molecule has 3 aliphatic rings. The predicted octanol–water partition coefficient (Wildman–Crippen LogP) is 2.42. The lowest BCUT2D eigenvalue weighted by Crippen LogP contribution is -2.51. The Labute approximate surface area is 170 Å². The van der Waals surface area contributed by atoms with Crippen LogP contribution in [0, 0.1) is 5.92 Å². The molecule has 3 fully saturated rings. The Bertz CT molecular complexity index is 799. The van der Waals surface area contributed by atoms with Gasteiger partial charge < -0.3 is 15.2 Å². The van der Waals surface area contributed by atoms with Crippen molar-refractivity contribution in [1.82, 2.24) is 4.90 Å². The number of hydrogen-bond donors (Lipinski definition) is 1. The van der Waals surface area contributed by atoms with Crippen molar-refractivity contribution in [3.05, 3.63) is 24.3 Å². The summed E-state index contributed by atoms with van der Waals surface area (Å²) in [5.41, 5.74) is 6.23. The first-order valence-electron chi connectivity index (χ1n) is 10.2. The zero-order chi connectivity index (χ0) is 20.6. The van der Waals surface area contributed by atoms with E-state index in [1.165, 1.54) is 24.3 Å². The van der Waals surface area contributed by atoms with Crippen LogP contribution in [-0.2, 0) is 14.6 Å². The summed E-state index contributed by atoms with van der Waals surface area (Å²) in [5, 5.41) is -0.525. The van der Waals surface area contributed by atoms with Crippen LogP contribution in [0.3, 0.4) is 0 Å². The molecule has 3 aliphatic heterocycles. The van der Waals surface area contributed by atoms with Crippen molar-refractivity contribution >= 4 is 9.84 Å². The zero-order valence-corrected chi connectivity index (χ0v) is 17.1. The van der Waals surface area contributed by atoms with Crippen molar-refractivity contribution in [3.63, 3.8) is 0 Å². The Hall–Kier alpha value is -1.29. The molecule has 0 amide bonds. The summed E-state index contributed by atoms with van der Waals surface area (Å²) in [4.78, 5) is 2.52. The maximum atomic E-state index is 13.4. The third-order valence-electron chi connectivity index (χ3n) is 6.53. The van der Waals surface area contributed by atoms with Crippen molar-refractivity contribution < 1.29 is 26.7 Å². The second-order valence-corrected chi connectivity index (χ2v) is 10.5. The van der Waals surface area contributed by atoms with Crippen LogP contribution in [0.2, 0.25) is 0 Å². The number of rotatable bonds is 6. The molecule has 2 bridgehead atoms. The van der Waals surface area contributed by atoms with Gasteiger partial charge in [-0.3, -0.25) is 4.90 Å². The van der Waals surface area contributed by atoms with Crippen LogP contribution >= 0.6 is 0 Å². The molecule has 4 unspecified atom stereocenters. The molecule has 3 saturated heterocycles. The van der Waals surface area contributed by atoms with E-state index < -0.39 is 21.7 Å². The molecule has 4 atom stereocenters. The molecule has 1 aromatic carbocycles. The Morgan fingerprint density at radius 1 is 1.14 bits per heavy atom. The summed E-state index contributed by atoms with van der Waals surface area (Å²) >= 11 is 0. The van der Waals surface area contributed by atoms with Crippen molar-refractivity contribution in [1.29, 1.82) is 0 Å². The van der Waals surface area contributed by atoms with Gasteiger partial charge in [0, 0.05) is 37.9 Å². The van der Waals surface area contributed by atoms with Crippen LogP contribution in [0.15, 0.2) is 29.2 Å². The first-order chi connectivity index (χ1) is 13.8. The van der Waals surface area contributed by atoms with Gasteiger partial charge in [0.1, 0.15) is 5.75 Å². The van der Waals surface area contributed by atoms with E-state index in [1.54, 1.807) is 0 Å². The minimum Gasteiger partial charge on any atom is -0.435 e. The second kappa shape index (κ2) is 8.45. The molecule has 2 N–H and O–H groups in total. The molecule has 3 heterocycles. The number of fused-ring (bicyclic) bond motifs is 2. The van der Waals surface area contributed by atoms with Gasteiger partial charge in [0.2, 0.25) is 0 Å². The highest BCUT2D eigenvalue weighted by Gasteiger charge is 2.51. The molecule has 29 heavy (non-hydrogen) atoms. The van der Waals surface area contributed by atoms with Gasteiger partial charge in [-0.15, -0.1) is 0 Å². The molecule has 162 valence electrons. The average Bonchev–Trinajstić information content (AvgIpc) is 2.89. The standard InChI is InChI=1S/C20H28F2N2O4S/c21-20(22)28-16-1-3-17(4-2-16)29(25,26)19-11-15-9-14(23)10-18(19)24(15)12-13-5-7-27-8-6-13/h1-4,13-15,18-20H,5-12,23H2. The first kappa shape index (κ1) is 21.0. The maximum Gasteiger partial charge on any atom is 0.387 e. The molecular formula is C20H28F2N2O4S. The lowest BCUT2D eigenvalue weighted by Gasteiger charge is -2.40. The van der Waals surface area contributed by atoms with Gasteiger partial charge in [-0.05, 0) is 62.3 Å². The highest BCUT2D eigenvalue weighted by molar-refractivity contribution is 7.92.